The van der Waals surface area contributed by atoms with E-state index in [0.717, 1.165) is 25.9 Å². The molecule has 0 saturated carbocycles. The standard InChI is InChI=1S/C6H11NO4/c8-6(11-9)10-5-1-3-7-4-2-5/h5,7,9H,1-4H2. The molecule has 1 aliphatic heterocycles. The number of hydrogen-bond acceptors (Lipinski definition) is 5. The summed E-state index contributed by atoms with van der Waals surface area (Å²) in [6.45, 7) is 1.67. The first kappa shape index (κ1) is 8.29. The van der Waals surface area contributed by atoms with Crippen molar-refractivity contribution < 1.29 is 19.7 Å². The predicted octanol–water partition coefficient (Wildman–Crippen LogP) is 0.365. The second-order valence-electron chi connectivity index (χ2n) is 2.41. The molecule has 0 bridgehead atoms. The van der Waals surface area contributed by atoms with Gasteiger partial charge in [-0.1, -0.05) is 0 Å². The third kappa shape index (κ3) is 2.73. The Hall–Kier alpha value is -0.810. The summed E-state index contributed by atoms with van der Waals surface area (Å²) in [5.41, 5.74) is 0. The van der Waals surface area contributed by atoms with Crippen LogP contribution in [0.1, 0.15) is 12.8 Å². The van der Waals surface area contributed by atoms with Crippen LogP contribution in [-0.4, -0.2) is 30.6 Å². The molecular formula is C6H11NO4. The molecule has 1 heterocycles. The van der Waals surface area contributed by atoms with Crippen LogP contribution in [0, 0.1) is 0 Å². The molecule has 1 saturated heterocycles. The van der Waals surface area contributed by atoms with Crippen LogP contribution >= 0.6 is 0 Å². The normalized spacial score (nSPS) is 19.4. The van der Waals surface area contributed by atoms with Gasteiger partial charge < -0.3 is 10.1 Å². The van der Waals surface area contributed by atoms with Crippen molar-refractivity contribution in [3.63, 3.8) is 0 Å². The summed E-state index contributed by atoms with van der Waals surface area (Å²) in [4.78, 5) is 13.7. The third-order valence-corrected chi connectivity index (χ3v) is 1.62. The lowest BCUT2D eigenvalue weighted by Gasteiger charge is -2.21. The zero-order valence-electron chi connectivity index (χ0n) is 6.08. The lowest BCUT2D eigenvalue weighted by Crippen LogP contribution is -2.33. The minimum atomic E-state index is -1.02. The lowest BCUT2D eigenvalue weighted by atomic mass is 10.1. The summed E-state index contributed by atoms with van der Waals surface area (Å²) in [6.07, 6.45) is 0.414. The minimum Gasteiger partial charge on any atom is -0.429 e. The molecule has 11 heavy (non-hydrogen) atoms. The van der Waals surface area contributed by atoms with Crippen LogP contribution in [0.2, 0.25) is 0 Å². The highest BCUT2D eigenvalue weighted by molar-refractivity contribution is 5.59. The largest absolute Gasteiger partial charge is 0.540 e. The van der Waals surface area contributed by atoms with Gasteiger partial charge in [0.1, 0.15) is 6.10 Å². The average molecular weight is 161 g/mol. The van der Waals surface area contributed by atoms with E-state index in [-0.39, 0.29) is 6.10 Å². The molecule has 0 unspecified atom stereocenters. The smallest absolute Gasteiger partial charge is 0.429 e. The van der Waals surface area contributed by atoms with E-state index < -0.39 is 6.16 Å². The topological polar surface area (TPSA) is 67.8 Å². The van der Waals surface area contributed by atoms with Crippen molar-refractivity contribution in [2.24, 2.45) is 0 Å². The van der Waals surface area contributed by atoms with Crippen LogP contribution in [-0.2, 0) is 9.62 Å². The summed E-state index contributed by atoms with van der Waals surface area (Å²) >= 11 is 0. The molecule has 0 aromatic carbocycles. The molecule has 64 valence electrons. The van der Waals surface area contributed by atoms with E-state index in [1.165, 1.54) is 0 Å². The van der Waals surface area contributed by atoms with Crippen LogP contribution in [0.15, 0.2) is 0 Å². The number of piperidine rings is 1. The van der Waals surface area contributed by atoms with Crippen LogP contribution < -0.4 is 5.32 Å². The van der Waals surface area contributed by atoms with E-state index in [1.807, 2.05) is 0 Å². The Bertz CT molecular complexity index is 133. The Morgan fingerprint density at radius 1 is 1.45 bits per heavy atom. The second-order valence-corrected chi connectivity index (χ2v) is 2.41. The first-order valence-corrected chi connectivity index (χ1v) is 3.55. The summed E-state index contributed by atoms with van der Waals surface area (Å²) in [5, 5.41) is 11.0. The summed E-state index contributed by atoms with van der Waals surface area (Å²) < 4.78 is 4.69. The molecular weight excluding hydrogens is 150 g/mol. The SMILES string of the molecule is O=C(OO)OC1CCNCC1. The van der Waals surface area contributed by atoms with Gasteiger partial charge in [0.25, 0.3) is 0 Å². The number of ether oxygens (including phenoxy) is 1. The van der Waals surface area contributed by atoms with E-state index in [9.17, 15) is 4.79 Å². The molecule has 0 aliphatic carbocycles. The Balaban J connectivity index is 2.19. The summed E-state index contributed by atoms with van der Waals surface area (Å²) in [5.74, 6) is 0. The number of hydrogen-bond donors (Lipinski definition) is 2. The maximum Gasteiger partial charge on any atom is 0.540 e. The lowest BCUT2D eigenvalue weighted by molar-refractivity contribution is -0.206. The van der Waals surface area contributed by atoms with Crippen molar-refractivity contribution in [1.29, 1.82) is 0 Å². The van der Waals surface area contributed by atoms with E-state index in [4.69, 9.17) is 5.26 Å². The summed E-state index contributed by atoms with van der Waals surface area (Å²) in [6, 6.07) is 0. The Morgan fingerprint density at radius 3 is 2.64 bits per heavy atom. The molecule has 1 rings (SSSR count). The molecule has 2 N–H and O–H groups in total. The summed E-state index contributed by atoms with van der Waals surface area (Å²) in [7, 11) is 0. The van der Waals surface area contributed by atoms with E-state index in [2.05, 4.69) is 14.9 Å². The van der Waals surface area contributed by atoms with Gasteiger partial charge in [0, 0.05) is 0 Å². The second kappa shape index (κ2) is 4.15. The number of carbonyl (C=O) groups is 1. The fourth-order valence-electron chi connectivity index (χ4n) is 1.07. The molecule has 0 amide bonds. The van der Waals surface area contributed by atoms with Gasteiger partial charge in [0.15, 0.2) is 0 Å². The van der Waals surface area contributed by atoms with Crippen LogP contribution in [0.4, 0.5) is 4.79 Å². The van der Waals surface area contributed by atoms with Crippen LogP contribution in [0.25, 0.3) is 0 Å². The molecule has 0 spiro atoms. The zero-order valence-corrected chi connectivity index (χ0v) is 6.08. The van der Waals surface area contributed by atoms with Crippen molar-refractivity contribution >= 4 is 6.16 Å². The molecule has 1 aliphatic rings. The first-order valence-electron chi connectivity index (χ1n) is 3.55. The highest BCUT2D eigenvalue weighted by atomic mass is 17.1. The van der Waals surface area contributed by atoms with Gasteiger partial charge in [0.05, 0.1) is 0 Å². The van der Waals surface area contributed by atoms with Gasteiger partial charge in [-0.3, -0.25) is 4.89 Å². The average Bonchev–Trinajstić information content (AvgIpc) is 2.06. The van der Waals surface area contributed by atoms with E-state index in [1.54, 1.807) is 0 Å². The minimum absolute atomic E-state index is 0.115. The molecule has 5 nitrogen and oxygen atoms in total. The third-order valence-electron chi connectivity index (χ3n) is 1.62. The van der Waals surface area contributed by atoms with Crippen molar-refractivity contribution in [3.05, 3.63) is 0 Å². The van der Waals surface area contributed by atoms with Gasteiger partial charge in [-0.2, -0.15) is 5.26 Å². The van der Waals surface area contributed by atoms with Gasteiger partial charge in [-0.15, -0.1) is 0 Å². The maximum atomic E-state index is 10.4. The van der Waals surface area contributed by atoms with Gasteiger partial charge in [-0.05, 0) is 25.9 Å². The molecule has 0 atom stereocenters. The van der Waals surface area contributed by atoms with Crippen molar-refractivity contribution in [3.8, 4) is 0 Å². The van der Waals surface area contributed by atoms with Gasteiger partial charge in [0.2, 0.25) is 0 Å². The monoisotopic (exact) mass is 161 g/mol. The quantitative estimate of drug-likeness (QED) is 0.330. The van der Waals surface area contributed by atoms with Crippen LogP contribution in [0.3, 0.4) is 0 Å². The first-order chi connectivity index (χ1) is 5.33. The van der Waals surface area contributed by atoms with Crippen molar-refractivity contribution in [2.45, 2.75) is 18.9 Å². The fraction of sp³-hybridized carbons (Fsp3) is 0.833. The van der Waals surface area contributed by atoms with Crippen molar-refractivity contribution in [2.75, 3.05) is 13.1 Å². The number of carbonyl (C=O) groups excluding carboxylic acids is 1. The van der Waals surface area contributed by atoms with Gasteiger partial charge in [-0.25, -0.2) is 4.79 Å². The van der Waals surface area contributed by atoms with Gasteiger partial charge >= 0.3 is 6.16 Å². The highest BCUT2D eigenvalue weighted by Crippen LogP contribution is 2.07. The molecule has 1 fully saturated rings. The predicted molar refractivity (Wildman–Crippen MR) is 36.1 cm³/mol. The molecule has 0 radical (unpaired) electrons. The van der Waals surface area contributed by atoms with E-state index in [0.29, 0.717) is 0 Å². The zero-order chi connectivity index (χ0) is 8.10. The Morgan fingerprint density at radius 2 is 2.09 bits per heavy atom. The molecule has 0 aromatic rings. The highest BCUT2D eigenvalue weighted by Gasteiger charge is 2.17. The number of rotatable bonds is 1. The fourth-order valence-corrected chi connectivity index (χ4v) is 1.07. The number of nitrogens with one attached hydrogen (secondary N) is 1. The Labute approximate surface area is 64.2 Å². The maximum absolute atomic E-state index is 10.4. The van der Waals surface area contributed by atoms with Crippen LogP contribution in [0.5, 0.6) is 0 Å². The Kier molecular flexibility index (Phi) is 3.13. The molecule has 5 heteroatoms. The molecule has 0 aromatic heterocycles. The van der Waals surface area contributed by atoms with Crippen molar-refractivity contribution in [1.82, 2.24) is 5.32 Å². The van der Waals surface area contributed by atoms with E-state index >= 15 is 0 Å².